The molecule has 0 bridgehead atoms. The Morgan fingerprint density at radius 1 is 1.04 bits per heavy atom. The van der Waals surface area contributed by atoms with Crippen molar-refractivity contribution in [3.05, 3.63) is 24.3 Å². The average molecular weight is 315 g/mol. The fourth-order valence-electron chi connectivity index (χ4n) is 3.54. The van der Waals surface area contributed by atoms with Crippen molar-refractivity contribution < 1.29 is 9.59 Å². The molecule has 1 N–H and O–H groups in total. The number of carbonyl (C=O) groups is 2. The summed E-state index contributed by atoms with van der Waals surface area (Å²) >= 11 is 0. The molecule has 0 spiro atoms. The van der Waals surface area contributed by atoms with Gasteiger partial charge >= 0.3 is 0 Å². The van der Waals surface area contributed by atoms with Crippen LogP contribution in [0.2, 0.25) is 0 Å². The highest BCUT2D eigenvalue weighted by Crippen LogP contribution is 2.28. The molecule has 0 radical (unpaired) electrons. The lowest BCUT2D eigenvalue weighted by Gasteiger charge is -2.29. The monoisotopic (exact) mass is 315 g/mol. The largest absolute Gasteiger partial charge is 0.378 e. The summed E-state index contributed by atoms with van der Waals surface area (Å²) in [5, 5.41) is 3.23. The Balaban J connectivity index is 1.67. The van der Waals surface area contributed by atoms with Crippen molar-refractivity contribution in [1.29, 1.82) is 0 Å². The van der Waals surface area contributed by atoms with E-state index in [4.69, 9.17) is 0 Å². The van der Waals surface area contributed by atoms with Gasteiger partial charge < -0.3 is 10.2 Å². The first-order valence-electron chi connectivity index (χ1n) is 8.46. The maximum atomic E-state index is 12.6. The van der Waals surface area contributed by atoms with Gasteiger partial charge in [0, 0.05) is 31.5 Å². The third-order valence-corrected chi connectivity index (χ3v) is 4.85. The van der Waals surface area contributed by atoms with Crippen LogP contribution in [0, 0.1) is 0 Å². The zero-order valence-electron chi connectivity index (χ0n) is 13.9. The van der Waals surface area contributed by atoms with Crippen LogP contribution in [0.3, 0.4) is 0 Å². The van der Waals surface area contributed by atoms with Gasteiger partial charge in [0.1, 0.15) is 6.04 Å². The summed E-state index contributed by atoms with van der Waals surface area (Å²) in [4.78, 5) is 28.5. The second-order valence-corrected chi connectivity index (χ2v) is 6.74. The molecule has 1 aromatic rings. The van der Waals surface area contributed by atoms with E-state index in [0.29, 0.717) is 0 Å². The number of carbonyl (C=O) groups excluding carboxylic acids is 2. The zero-order valence-corrected chi connectivity index (χ0v) is 13.9. The molecule has 1 aliphatic carbocycles. The maximum absolute atomic E-state index is 12.6. The Morgan fingerprint density at radius 2 is 1.70 bits per heavy atom. The quantitative estimate of drug-likeness (QED) is 0.868. The highest BCUT2D eigenvalue weighted by atomic mass is 16.2. The molecule has 0 unspecified atom stereocenters. The van der Waals surface area contributed by atoms with Gasteiger partial charge in [0.15, 0.2) is 0 Å². The number of rotatable bonds is 4. The molecule has 2 fully saturated rings. The van der Waals surface area contributed by atoms with Gasteiger partial charge in [-0.05, 0) is 37.1 Å². The molecule has 0 aromatic heterocycles. The highest BCUT2D eigenvalue weighted by molar-refractivity contribution is 6.07. The third kappa shape index (κ3) is 3.33. The average Bonchev–Trinajstić information content (AvgIpc) is 2.82. The summed E-state index contributed by atoms with van der Waals surface area (Å²) in [7, 11) is 3.98. The van der Waals surface area contributed by atoms with Crippen LogP contribution in [0.1, 0.15) is 38.5 Å². The number of nitrogens with zero attached hydrogens (tertiary/aromatic N) is 2. The molecule has 23 heavy (non-hydrogen) atoms. The number of imide groups is 1. The van der Waals surface area contributed by atoms with Crippen LogP contribution in [-0.2, 0) is 9.59 Å². The van der Waals surface area contributed by atoms with Gasteiger partial charge in [0.05, 0.1) is 6.42 Å². The number of hydrogen-bond donors (Lipinski definition) is 1. The molecule has 2 aliphatic rings. The maximum Gasteiger partial charge on any atom is 0.252 e. The molecule has 1 atom stereocenters. The van der Waals surface area contributed by atoms with E-state index >= 15 is 0 Å². The minimum Gasteiger partial charge on any atom is -0.378 e. The van der Waals surface area contributed by atoms with Gasteiger partial charge in [-0.25, -0.2) is 0 Å². The minimum atomic E-state index is -0.422. The first kappa shape index (κ1) is 15.8. The van der Waals surface area contributed by atoms with Crippen LogP contribution in [0.4, 0.5) is 11.4 Å². The van der Waals surface area contributed by atoms with E-state index in [1.165, 1.54) is 11.3 Å². The molecule has 1 aliphatic heterocycles. The standard InChI is InChI=1S/C18H25N3O2/c1-20(2)14-10-8-13(9-11-14)19-16-12-17(22)21(18(16)23)15-6-4-3-5-7-15/h8-11,15-16,19H,3-7,12H2,1-2H3/t16-/m1/s1. The molecule has 3 rings (SSSR count). The Hall–Kier alpha value is -2.04. The lowest BCUT2D eigenvalue weighted by Crippen LogP contribution is -2.43. The molecular weight excluding hydrogens is 290 g/mol. The van der Waals surface area contributed by atoms with Gasteiger partial charge in [-0.3, -0.25) is 14.5 Å². The summed E-state index contributed by atoms with van der Waals surface area (Å²) in [6.45, 7) is 0. The Bertz CT molecular complexity index is 576. The van der Waals surface area contributed by atoms with Gasteiger partial charge in [-0.15, -0.1) is 0 Å². The fraction of sp³-hybridized carbons (Fsp3) is 0.556. The first-order chi connectivity index (χ1) is 11.1. The van der Waals surface area contributed by atoms with E-state index in [9.17, 15) is 9.59 Å². The third-order valence-electron chi connectivity index (χ3n) is 4.85. The normalized spacial score (nSPS) is 22.5. The van der Waals surface area contributed by atoms with Crippen molar-refractivity contribution in [3.63, 3.8) is 0 Å². The Labute approximate surface area is 137 Å². The van der Waals surface area contributed by atoms with Crippen molar-refractivity contribution >= 4 is 23.2 Å². The summed E-state index contributed by atoms with van der Waals surface area (Å²) in [6.07, 6.45) is 5.64. The number of benzene rings is 1. The molecule has 124 valence electrons. The van der Waals surface area contributed by atoms with E-state index in [-0.39, 0.29) is 24.3 Å². The first-order valence-corrected chi connectivity index (χ1v) is 8.46. The molecular formula is C18H25N3O2. The number of hydrogen-bond acceptors (Lipinski definition) is 4. The molecule has 5 heteroatoms. The number of amides is 2. The molecule has 1 saturated heterocycles. The van der Waals surface area contributed by atoms with Gasteiger partial charge in [0.2, 0.25) is 5.91 Å². The van der Waals surface area contributed by atoms with Gasteiger partial charge in [-0.2, -0.15) is 0 Å². The van der Waals surface area contributed by atoms with Crippen LogP contribution < -0.4 is 10.2 Å². The predicted molar refractivity (Wildman–Crippen MR) is 91.5 cm³/mol. The van der Waals surface area contributed by atoms with Crippen LogP contribution >= 0.6 is 0 Å². The summed E-state index contributed by atoms with van der Waals surface area (Å²) in [6, 6.07) is 7.61. The molecule has 2 amide bonds. The van der Waals surface area contributed by atoms with Crippen molar-refractivity contribution in [2.24, 2.45) is 0 Å². The molecule has 1 aromatic carbocycles. The van der Waals surface area contributed by atoms with E-state index in [0.717, 1.165) is 37.1 Å². The second kappa shape index (κ2) is 6.60. The van der Waals surface area contributed by atoms with E-state index in [1.807, 2.05) is 43.3 Å². The van der Waals surface area contributed by atoms with Crippen LogP contribution in [0.25, 0.3) is 0 Å². The lowest BCUT2D eigenvalue weighted by atomic mass is 9.94. The topological polar surface area (TPSA) is 52.7 Å². The number of nitrogens with one attached hydrogen (secondary N) is 1. The van der Waals surface area contributed by atoms with Crippen molar-refractivity contribution in [2.45, 2.75) is 50.6 Å². The second-order valence-electron chi connectivity index (χ2n) is 6.74. The Kier molecular flexibility index (Phi) is 4.55. The van der Waals surface area contributed by atoms with Crippen molar-refractivity contribution in [3.8, 4) is 0 Å². The molecule has 1 heterocycles. The van der Waals surface area contributed by atoms with Crippen molar-refractivity contribution in [1.82, 2.24) is 4.90 Å². The number of anilines is 2. The summed E-state index contributed by atoms with van der Waals surface area (Å²) in [5.74, 6) is -0.0807. The van der Waals surface area contributed by atoms with E-state index in [2.05, 4.69) is 5.32 Å². The van der Waals surface area contributed by atoms with Gasteiger partial charge in [0.25, 0.3) is 5.91 Å². The number of likely N-dealkylation sites (tertiary alicyclic amines) is 1. The summed E-state index contributed by atoms with van der Waals surface area (Å²) < 4.78 is 0. The van der Waals surface area contributed by atoms with Crippen LogP contribution in [-0.4, -0.2) is 42.9 Å². The highest BCUT2D eigenvalue weighted by Gasteiger charge is 2.42. The molecule has 1 saturated carbocycles. The van der Waals surface area contributed by atoms with E-state index in [1.54, 1.807) is 0 Å². The van der Waals surface area contributed by atoms with E-state index < -0.39 is 6.04 Å². The predicted octanol–water partition coefficient (Wildman–Crippen LogP) is 2.62. The lowest BCUT2D eigenvalue weighted by molar-refractivity contribution is -0.141. The fourth-order valence-corrected chi connectivity index (χ4v) is 3.54. The minimum absolute atomic E-state index is 0.0238. The van der Waals surface area contributed by atoms with Crippen LogP contribution in [0.15, 0.2) is 24.3 Å². The SMILES string of the molecule is CN(C)c1ccc(N[C@@H]2CC(=O)N(C3CCCCC3)C2=O)cc1. The smallest absolute Gasteiger partial charge is 0.252 e. The Morgan fingerprint density at radius 3 is 2.30 bits per heavy atom. The van der Waals surface area contributed by atoms with Crippen LogP contribution in [0.5, 0.6) is 0 Å². The molecule has 5 nitrogen and oxygen atoms in total. The zero-order chi connectivity index (χ0) is 16.4. The summed E-state index contributed by atoms with van der Waals surface area (Å²) in [5.41, 5.74) is 1.99. The van der Waals surface area contributed by atoms with Gasteiger partial charge in [-0.1, -0.05) is 19.3 Å². The van der Waals surface area contributed by atoms with Crippen molar-refractivity contribution in [2.75, 3.05) is 24.3 Å².